The van der Waals surface area contributed by atoms with E-state index in [1.165, 1.54) is 13.2 Å². The number of halogens is 1. The van der Waals surface area contributed by atoms with Crippen LogP contribution in [0.5, 0.6) is 0 Å². The van der Waals surface area contributed by atoms with Crippen molar-refractivity contribution in [2.24, 2.45) is 0 Å². The lowest BCUT2D eigenvalue weighted by Gasteiger charge is -2.27. The maximum absolute atomic E-state index is 13.4. The number of carbonyl (C=O) groups is 4. The van der Waals surface area contributed by atoms with E-state index in [0.29, 0.717) is 33.2 Å². The van der Waals surface area contributed by atoms with E-state index in [2.05, 4.69) is 5.32 Å². The minimum atomic E-state index is -0.802. The standard InChI is InChI=1S/C27H24ClN3O5/c1-14-8-15(2)10-20(9-14)31-25(33)21(24(32)29-27(31)35)12-19-11-16(3)30(17(19)4)23-13-18(26(34)36-5)6-7-22(23)28/h6-13H,1-5H3,(H,29,32,35)/b21-12+. The Morgan fingerprint density at radius 2 is 1.64 bits per heavy atom. The molecule has 0 atom stereocenters. The number of barbiturate groups is 1. The van der Waals surface area contributed by atoms with Gasteiger partial charge in [-0.15, -0.1) is 0 Å². The third kappa shape index (κ3) is 4.43. The number of hydrogen-bond acceptors (Lipinski definition) is 5. The predicted molar refractivity (Wildman–Crippen MR) is 137 cm³/mol. The molecule has 0 bridgehead atoms. The van der Waals surface area contributed by atoms with Crippen LogP contribution < -0.4 is 10.2 Å². The van der Waals surface area contributed by atoms with Crippen molar-refractivity contribution in [3.05, 3.63) is 86.7 Å². The van der Waals surface area contributed by atoms with Crippen LogP contribution in [0, 0.1) is 27.7 Å². The van der Waals surface area contributed by atoms with E-state index >= 15 is 0 Å². The summed E-state index contributed by atoms with van der Waals surface area (Å²) in [6, 6.07) is 11.1. The van der Waals surface area contributed by atoms with Crippen molar-refractivity contribution in [1.82, 2.24) is 9.88 Å². The van der Waals surface area contributed by atoms with Crippen LogP contribution in [0.25, 0.3) is 11.8 Å². The lowest BCUT2D eigenvalue weighted by molar-refractivity contribution is -0.122. The van der Waals surface area contributed by atoms with Crippen LogP contribution in [0.3, 0.4) is 0 Å². The molecule has 1 N–H and O–H groups in total. The molecule has 4 amide bonds. The molecule has 0 unspecified atom stereocenters. The highest BCUT2D eigenvalue weighted by atomic mass is 35.5. The number of imide groups is 2. The largest absolute Gasteiger partial charge is 0.465 e. The molecule has 1 saturated heterocycles. The highest BCUT2D eigenvalue weighted by molar-refractivity contribution is 6.39. The third-order valence-electron chi connectivity index (χ3n) is 5.94. The second kappa shape index (κ2) is 9.47. The maximum atomic E-state index is 13.4. The van der Waals surface area contributed by atoms with E-state index < -0.39 is 23.8 Å². The Balaban J connectivity index is 1.79. The van der Waals surface area contributed by atoms with Gasteiger partial charge < -0.3 is 9.30 Å². The highest BCUT2D eigenvalue weighted by Crippen LogP contribution is 2.30. The van der Waals surface area contributed by atoms with Crippen LogP contribution in [0.4, 0.5) is 10.5 Å². The molecule has 2 heterocycles. The average Bonchev–Trinajstić information content (AvgIpc) is 3.08. The summed E-state index contributed by atoms with van der Waals surface area (Å²) < 4.78 is 6.63. The Morgan fingerprint density at radius 1 is 0.972 bits per heavy atom. The van der Waals surface area contributed by atoms with Crippen LogP contribution in [-0.4, -0.2) is 35.5 Å². The predicted octanol–water partition coefficient (Wildman–Crippen LogP) is 4.82. The monoisotopic (exact) mass is 505 g/mol. The Morgan fingerprint density at radius 3 is 2.28 bits per heavy atom. The number of methoxy groups -OCH3 is 1. The topological polar surface area (TPSA) is 97.7 Å². The van der Waals surface area contributed by atoms with Crippen molar-refractivity contribution in [3.8, 4) is 5.69 Å². The molecule has 1 aliphatic heterocycles. The number of carbonyl (C=O) groups excluding carboxylic acids is 4. The normalized spacial score (nSPS) is 14.9. The zero-order chi connectivity index (χ0) is 26.3. The molecule has 0 aliphatic carbocycles. The van der Waals surface area contributed by atoms with Gasteiger partial charge in [-0.2, -0.15) is 0 Å². The van der Waals surface area contributed by atoms with E-state index in [4.69, 9.17) is 16.3 Å². The molecule has 0 saturated carbocycles. The van der Waals surface area contributed by atoms with Gasteiger partial charge in [0.05, 0.1) is 29.1 Å². The number of anilines is 1. The first-order chi connectivity index (χ1) is 17.0. The lowest BCUT2D eigenvalue weighted by atomic mass is 10.1. The SMILES string of the molecule is COC(=O)c1ccc(Cl)c(-n2c(C)cc(/C=C3\C(=O)NC(=O)N(c4cc(C)cc(C)c4)C3=O)c2C)c1. The highest BCUT2D eigenvalue weighted by Gasteiger charge is 2.37. The van der Waals surface area contributed by atoms with Gasteiger partial charge in [0.1, 0.15) is 5.57 Å². The summed E-state index contributed by atoms with van der Waals surface area (Å²) in [5, 5.41) is 2.66. The van der Waals surface area contributed by atoms with Crippen molar-refractivity contribution in [2.75, 3.05) is 12.0 Å². The number of benzene rings is 2. The number of nitrogens with one attached hydrogen (secondary N) is 1. The lowest BCUT2D eigenvalue weighted by Crippen LogP contribution is -2.54. The summed E-state index contributed by atoms with van der Waals surface area (Å²) in [4.78, 5) is 51.6. The van der Waals surface area contributed by atoms with Crippen LogP contribution in [-0.2, 0) is 14.3 Å². The minimum Gasteiger partial charge on any atom is -0.465 e. The molecule has 3 aromatic rings. The molecule has 184 valence electrons. The molecule has 36 heavy (non-hydrogen) atoms. The molecular weight excluding hydrogens is 482 g/mol. The Hall–Kier alpha value is -4.17. The van der Waals surface area contributed by atoms with E-state index in [-0.39, 0.29) is 5.57 Å². The molecule has 0 radical (unpaired) electrons. The van der Waals surface area contributed by atoms with E-state index in [0.717, 1.165) is 21.7 Å². The summed E-state index contributed by atoms with van der Waals surface area (Å²) in [6.45, 7) is 7.36. The van der Waals surface area contributed by atoms with Crippen LogP contribution in [0.1, 0.15) is 38.4 Å². The number of urea groups is 1. The van der Waals surface area contributed by atoms with Gasteiger partial charge in [0, 0.05) is 11.4 Å². The van der Waals surface area contributed by atoms with Gasteiger partial charge in [-0.05, 0) is 86.9 Å². The molecule has 1 aliphatic rings. The summed E-state index contributed by atoms with van der Waals surface area (Å²) in [5.41, 5.74) is 4.85. The van der Waals surface area contributed by atoms with Gasteiger partial charge in [-0.1, -0.05) is 17.7 Å². The number of ether oxygens (including phenoxy) is 1. The fourth-order valence-electron chi connectivity index (χ4n) is 4.36. The molecule has 1 fully saturated rings. The maximum Gasteiger partial charge on any atom is 0.337 e. The number of esters is 1. The van der Waals surface area contributed by atoms with E-state index in [1.807, 2.05) is 31.4 Å². The van der Waals surface area contributed by atoms with Crippen molar-refractivity contribution < 1.29 is 23.9 Å². The fourth-order valence-corrected chi connectivity index (χ4v) is 4.56. The number of nitrogens with zero attached hydrogens (tertiary/aromatic N) is 2. The molecule has 0 spiro atoms. The molecule has 4 rings (SSSR count). The molecule has 1 aromatic heterocycles. The van der Waals surface area contributed by atoms with Crippen LogP contribution in [0.15, 0.2) is 48.0 Å². The summed E-state index contributed by atoms with van der Waals surface area (Å²) in [7, 11) is 1.30. The van der Waals surface area contributed by atoms with Gasteiger partial charge in [0.2, 0.25) is 0 Å². The molecular formula is C27H24ClN3O5. The number of hydrogen-bond donors (Lipinski definition) is 1. The molecule has 2 aromatic carbocycles. The zero-order valence-corrected chi connectivity index (χ0v) is 21.2. The Kier molecular flexibility index (Phi) is 6.56. The molecule has 8 nitrogen and oxygen atoms in total. The van der Waals surface area contributed by atoms with Gasteiger partial charge in [-0.25, -0.2) is 14.5 Å². The first-order valence-corrected chi connectivity index (χ1v) is 11.5. The van der Waals surface area contributed by atoms with Gasteiger partial charge >= 0.3 is 12.0 Å². The number of aromatic nitrogens is 1. The number of aryl methyl sites for hydroxylation is 3. The Bertz CT molecular complexity index is 1460. The summed E-state index contributed by atoms with van der Waals surface area (Å²) in [6.07, 6.45) is 1.46. The smallest absolute Gasteiger partial charge is 0.337 e. The number of amides is 4. The van der Waals surface area contributed by atoms with Crippen LogP contribution in [0.2, 0.25) is 5.02 Å². The molecule has 9 heteroatoms. The minimum absolute atomic E-state index is 0.177. The average molecular weight is 506 g/mol. The number of rotatable bonds is 4. The van der Waals surface area contributed by atoms with E-state index in [9.17, 15) is 19.2 Å². The summed E-state index contributed by atoms with van der Waals surface area (Å²) >= 11 is 6.45. The fraction of sp³-hybridized carbons (Fsp3) is 0.185. The van der Waals surface area contributed by atoms with Gasteiger partial charge in [0.25, 0.3) is 11.8 Å². The van der Waals surface area contributed by atoms with Crippen molar-refractivity contribution in [2.45, 2.75) is 27.7 Å². The third-order valence-corrected chi connectivity index (χ3v) is 6.26. The second-order valence-electron chi connectivity index (χ2n) is 8.62. The van der Waals surface area contributed by atoms with Crippen molar-refractivity contribution >= 4 is 47.2 Å². The van der Waals surface area contributed by atoms with Gasteiger partial charge in [-0.3, -0.25) is 14.9 Å². The zero-order valence-electron chi connectivity index (χ0n) is 20.4. The summed E-state index contributed by atoms with van der Waals surface area (Å²) in [5.74, 6) is -2.00. The second-order valence-corrected chi connectivity index (χ2v) is 9.03. The quantitative estimate of drug-likeness (QED) is 0.311. The van der Waals surface area contributed by atoms with Crippen molar-refractivity contribution in [1.29, 1.82) is 0 Å². The van der Waals surface area contributed by atoms with Crippen molar-refractivity contribution in [3.63, 3.8) is 0 Å². The van der Waals surface area contributed by atoms with Gasteiger partial charge in [0.15, 0.2) is 0 Å². The Labute approximate surface area is 213 Å². The first-order valence-electron chi connectivity index (χ1n) is 11.1. The first kappa shape index (κ1) is 24.9. The van der Waals surface area contributed by atoms with Crippen LogP contribution >= 0.6 is 11.6 Å². The van der Waals surface area contributed by atoms with E-state index in [1.54, 1.807) is 43.3 Å².